The monoisotopic (exact) mass is 268 g/mol. The van der Waals surface area contributed by atoms with E-state index in [1.165, 1.54) is 0 Å². The van der Waals surface area contributed by atoms with Gasteiger partial charge in [-0.1, -0.05) is 6.07 Å². The second-order valence-corrected chi connectivity index (χ2v) is 4.64. The molecule has 0 radical (unpaired) electrons. The zero-order valence-corrected chi connectivity index (χ0v) is 11.4. The van der Waals surface area contributed by atoms with Gasteiger partial charge in [-0.05, 0) is 37.3 Å². The topological polar surface area (TPSA) is 67.5 Å². The third kappa shape index (κ3) is 2.73. The maximum atomic E-state index is 9.91. The van der Waals surface area contributed by atoms with Gasteiger partial charge in [-0.25, -0.2) is 0 Å². The number of hydrogen-bond donors (Lipinski definition) is 2. The van der Waals surface area contributed by atoms with E-state index in [9.17, 15) is 10.2 Å². The van der Waals surface area contributed by atoms with E-state index in [4.69, 9.17) is 5.26 Å². The molecule has 0 amide bonds. The molecule has 20 heavy (non-hydrogen) atoms. The summed E-state index contributed by atoms with van der Waals surface area (Å²) in [6.45, 7) is 1.61. The van der Waals surface area contributed by atoms with Crippen LogP contribution in [-0.4, -0.2) is 17.3 Å². The normalized spacial score (nSPS) is 11.7. The molecule has 4 heteroatoms. The molecular formula is C16H16N2O2. The van der Waals surface area contributed by atoms with Crippen LogP contribution >= 0.6 is 0 Å². The highest BCUT2D eigenvalue weighted by Crippen LogP contribution is 2.31. The van der Waals surface area contributed by atoms with Crippen molar-refractivity contribution in [2.75, 3.05) is 11.9 Å². The highest BCUT2D eigenvalue weighted by Gasteiger charge is 2.10. The molecule has 0 saturated carbocycles. The lowest BCUT2D eigenvalue weighted by Crippen LogP contribution is -2.09. The van der Waals surface area contributed by atoms with Gasteiger partial charge >= 0.3 is 0 Å². The Morgan fingerprint density at radius 2 is 1.70 bits per heavy atom. The Morgan fingerprint density at radius 1 is 1.10 bits per heavy atom. The minimum atomic E-state index is -0.704. The number of nitrogens with zero attached hydrogens (tertiary/aromatic N) is 2. The first kappa shape index (κ1) is 13.9. The largest absolute Gasteiger partial charge is 0.507 e. The van der Waals surface area contributed by atoms with Gasteiger partial charge in [0, 0.05) is 30.1 Å². The minimum absolute atomic E-state index is 0.0676. The summed E-state index contributed by atoms with van der Waals surface area (Å²) in [6, 6.07) is 14.4. The van der Waals surface area contributed by atoms with Crippen LogP contribution in [0.2, 0.25) is 0 Å². The summed E-state index contributed by atoms with van der Waals surface area (Å²) in [6.07, 6.45) is -0.704. The fourth-order valence-corrected chi connectivity index (χ4v) is 2.00. The van der Waals surface area contributed by atoms with E-state index in [-0.39, 0.29) is 5.75 Å². The van der Waals surface area contributed by atoms with E-state index < -0.39 is 6.10 Å². The van der Waals surface area contributed by atoms with Crippen molar-refractivity contribution in [1.82, 2.24) is 0 Å². The van der Waals surface area contributed by atoms with Crippen molar-refractivity contribution in [1.29, 1.82) is 5.26 Å². The van der Waals surface area contributed by atoms with Crippen LogP contribution in [0.1, 0.15) is 24.2 Å². The number of anilines is 2. The van der Waals surface area contributed by atoms with Gasteiger partial charge in [0.2, 0.25) is 0 Å². The van der Waals surface area contributed by atoms with Gasteiger partial charge in [-0.2, -0.15) is 5.26 Å². The quantitative estimate of drug-likeness (QED) is 0.897. The minimum Gasteiger partial charge on any atom is -0.507 e. The van der Waals surface area contributed by atoms with Gasteiger partial charge in [0.1, 0.15) is 5.75 Å². The lowest BCUT2D eigenvalue weighted by atomic mass is 10.1. The van der Waals surface area contributed by atoms with Gasteiger partial charge in [-0.15, -0.1) is 0 Å². The van der Waals surface area contributed by atoms with Gasteiger partial charge in [0.05, 0.1) is 17.7 Å². The molecule has 0 aliphatic rings. The number of hydrogen-bond acceptors (Lipinski definition) is 4. The predicted octanol–water partition coefficient (Wildman–Crippen LogP) is 3.09. The molecule has 0 spiro atoms. The standard InChI is InChI=1S/C16H16N2O2/c1-11(19)15-8-7-14(9-16(15)20)18(2)13-5-3-12(10-17)4-6-13/h3-9,11,19-20H,1-2H3. The summed E-state index contributed by atoms with van der Waals surface area (Å²) in [5.41, 5.74) is 2.82. The summed E-state index contributed by atoms with van der Waals surface area (Å²) >= 11 is 0. The Balaban J connectivity index is 2.31. The highest BCUT2D eigenvalue weighted by atomic mass is 16.3. The van der Waals surface area contributed by atoms with E-state index in [1.807, 2.05) is 30.1 Å². The maximum Gasteiger partial charge on any atom is 0.123 e. The zero-order valence-electron chi connectivity index (χ0n) is 11.4. The summed E-state index contributed by atoms with van der Waals surface area (Å²) in [5, 5.41) is 28.2. The smallest absolute Gasteiger partial charge is 0.123 e. The average Bonchev–Trinajstić information content (AvgIpc) is 2.46. The Hall–Kier alpha value is -2.51. The van der Waals surface area contributed by atoms with Gasteiger partial charge in [0.15, 0.2) is 0 Å². The lowest BCUT2D eigenvalue weighted by Gasteiger charge is -2.20. The summed E-state index contributed by atoms with van der Waals surface area (Å²) in [4.78, 5) is 1.90. The third-order valence-corrected chi connectivity index (χ3v) is 3.24. The van der Waals surface area contributed by atoms with Crippen molar-refractivity contribution in [2.45, 2.75) is 13.0 Å². The Morgan fingerprint density at radius 3 is 2.20 bits per heavy atom. The molecule has 2 rings (SSSR count). The number of nitriles is 1. The van der Waals surface area contributed by atoms with Crippen LogP contribution in [-0.2, 0) is 0 Å². The molecular weight excluding hydrogens is 252 g/mol. The molecule has 0 fully saturated rings. The van der Waals surface area contributed by atoms with Crippen LogP contribution in [0.25, 0.3) is 0 Å². The number of aromatic hydroxyl groups is 1. The van der Waals surface area contributed by atoms with Crippen LogP contribution in [0.3, 0.4) is 0 Å². The van der Waals surface area contributed by atoms with Crippen LogP contribution in [0, 0.1) is 11.3 Å². The molecule has 4 nitrogen and oxygen atoms in total. The maximum absolute atomic E-state index is 9.91. The van der Waals surface area contributed by atoms with Crippen LogP contribution < -0.4 is 4.90 Å². The van der Waals surface area contributed by atoms with E-state index in [2.05, 4.69) is 6.07 Å². The van der Waals surface area contributed by atoms with Crippen molar-refractivity contribution < 1.29 is 10.2 Å². The first-order valence-corrected chi connectivity index (χ1v) is 6.28. The molecule has 0 bridgehead atoms. The summed E-state index contributed by atoms with van der Waals surface area (Å²) in [5.74, 6) is 0.0676. The van der Waals surface area contributed by atoms with Gasteiger partial charge in [-0.3, -0.25) is 0 Å². The van der Waals surface area contributed by atoms with Crippen molar-refractivity contribution >= 4 is 11.4 Å². The Kier molecular flexibility index (Phi) is 3.92. The molecule has 102 valence electrons. The van der Waals surface area contributed by atoms with E-state index in [0.717, 1.165) is 11.4 Å². The number of phenols is 1. The SMILES string of the molecule is CC(O)c1ccc(N(C)c2ccc(C#N)cc2)cc1O. The molecule has 0 aliphatic heterocycles. The second kappa shape index (κ2) is 5.64. The van der Waals surface area contributed by atoms with Crippen molar-refractivity contribution in [3.05, 3.63) is 53.6 Å². The van der Waals surface area contributed by atoms with E-state index in [1.54, 1.807) is 31.2 Å². The predicted molar refractivity (Wildman–Crippen MR) is 78.0 cm³/mol. The highest BCUT2D eigenvalue weighted by molar-refractivity contribution is 5.65. The fourth-order valence-electron chi connectivity index (χ4n) is 2.00. The second-order valence-electron chi connectivity index (χ2n) is 4.64. The van der Waals surface area contributed by atoms with E-state index >= 15 is 0 Å². The summed E-state index contributed by atoms with van der Waals surface area (Å²) in [7, 11) is 1.87. The molecule has 0 aliphatic carbocycles. The molecule has 1 unspecified atom stereocenters. The first-order valence-electron chi connectivity index (χ1n) is 6.28. The molecule has 2 aromatic rings. The zero-order chi connectivity index (χ0) is 14.7. The molecule has 1 atom stereocenters. The lowest BCUT2D eigenvalue weighted by molar-refractivity contribution is 0.195. The van der Waals surface area contributed by atoms with Crippen LogP contribution in [0.4, 0.5) is 11.4 Å². The molecule has 2 N–H and O–H groups in total. The number of aliphatic hydroxyl groups excluding tert-OH is 1. The van der Waals surface area contributed by atoms with Crippen LogP contribution in [0.15, 0.2) is 42.5 Å². The molecule has 2 aromatic carbocycles. The molecule has 0 heterocycles. The van der Waals surface area contributed by atoms with Crippen molar-refractivity contribution in [2.24, 2.45) is 0 Å². The van der Waals surface area contributed by atoms with Gasteiger partial charge in [0.25, 0.3) is 0 Å². The average molecular weight is 268 g/mol. The first-order chi connectivity index (χ1) is 9.52. The van der Waals surface area contributed by atoms with Crippen molar-refractivity contribution in [3.63, 3.8) is 0 Å². The fraction of sp³-hybridized carbons (Fsp3) is 0.188. The molecule has 0 saturated heterocycles. The van der Waals surface area contributed by atoms with Crippen LogP contribution in [0.5, 0.6) is 5.75 Å². The van der Waals surface area contributed by atoms with Gasteiger partial charge < -0.3 is 15.1 Å². The number of phenolic OH excluding ortho intramolecular Hbond substituents is 1. The number of rotatable bonds is 3. The third-order valence-electron chi connectivity index (χ3n) is 3.24. The molecule has 0 aromatic heterocycles. The van der Waals surface area contributed by atoms with Crippen molar-refractivity contribution in [3.8, 4) is 11.8 Å². The van der Waals surface area contributed by atoms with E-state index in [0.29, 0.717) is 11.1 Å². The summed E-state index contributed by atoms with van der Waals surface area (Å²) < 4.78 is 0. The Bertz CT molecular complexity index is 643. The number of aliphatic hydroxyl groups is 1. The Labute approximate surface area is 118 Å². The number of benzene rings is 2.